The molecule has 0 aliphatic rings. The third-order valence-electron chi connectivity index (χ3n) is 3.23. The minimum Gasteiger partial charge on any atom is -0.460 e. The fraction of sp³-hybridized carbons (Fsp3) is 0.222. The summed E-state index contributed by atoms with van der Waals surface area (Å²) in [6, 6.07) is 16.7. The van der Waals surface area contributed by atoms with Crippen molar-refractivity contribution in [2.45, 2.75) is 19.4 Å². The molecular weight excluding hydrogens is 314 g/mol. The molecule has 23 heavy (non-hydrogen) atoms. The van der Waals surface area contributed by atoms with Crippen molar-refractivity contribution in [3.05, 3.63) is 70.7 Å². The summed E-state index contributed by atoms with van der Waals surface area (Å²) in [6.45, 7) is 0.0899. The molecule has 2 rings (SSSR count). The van der Waals surface area contributed by atoms with E-state index in [1.165, 1.54) is 0 Å². The first-order chi connectivity index (χ1) is 11.1. The van der Waals surface area contributed by atoms with E-state index >= 15 is 0 Å². The number of amides is 1. The van der Waals surface area contributed by atoms with Crippen molar-refractivity contribution >= 4 is 23.5 Å². The van der Waals surface area contributed by atoms with E-state index in [1.54, 1.807) is 12.1 Å². The van der Waals surface area contributed by atoms with Crippen LogP contribution in [0.15, 0.2) is 54.6 Å². The lowest BCUT2D eigenvalue weighted by Gasteiger charge is -2.07. The van der Waals surface area contributed by atoms with Gasteiger partial charge in [0.05, 0.1) is 0 Å². The minimum atomic E-state index is -0.450. The molecule has 0 fully saturated rings. The van der Waals surface area contributed by atoms with Crippen molar-refractivity contribution in [3.63, 3.8) is 0 Å². The number of hydrogen-bond acceptors (Lipinski definition) is 3. The number of rotatable bonds is 7. The Kier molecular flexibility index (Phi) is 6.63. The zero-order valence-corrected chi connectivity index (χ0v) is 13.4. The molecule has 0 aliphatic carbocycles. The molecule has 1 N–H and O–H groups in total. The van der Waals surface area contributed by atoms with Gasteiger partial charge in [-0.1, -0.05) is 54.1 Å². The molecule has 5 heteroatoms. The lowest BCUT2D eigenvalue weighted by molar-refractivity contribution is -0.145. The highest BCUT2D eigenvalue weighted by molar-refractivity contribution is 6.30. The highest BCUT2D eigenvalue weighted by Crippen LogP contribution is 2.10. The van der Waals surface area contributed by atoms with Gasteiger partial charge in [0.15, 0.2) is 0 Å². The van der Waals surface area contributed by atoms with Crippen LogP contribution in [0, 0.1) is 0 Å². The van der Waals surface area contributed by atoms with Crippen LogP contribution in [-0.4, -0.2) is 18.4 Å². The van der Waals surface area contributed by atoms with Crippen molar-refractivity contribution in [2.24, 2.45) is 0 Å². The number of esters is 1. The van der Waals surface area contributed by atoms with Gasteiger partial charge in [-0.2, -0.15) is 0 Å². The average Bonchev–Trinajstić information content (AvgIpc) is 2.58. The number of nitrogens with one attached hydrogen (secondary N) is 1. The topological polar surface area (TPSA) is 55.4 Å². The molecule has 0 aromatic heterocycles. The van der Waals surface area contributed by atoms with Crippen molar-refractivity contribution in [1.82, 2.24) is 5.32 Å². The highest BCUT2D eigenvalue weighted by atomic mass is 35.5. The van der Waals surface area contributed by atoms with Crippen LogP contribution in [0.4, 0.5) is 0 Å². The normalized spacial score (nSPS) is 10.1. The fourth-order valence-corrected chi connectivity index (χ4v) is 2.08. The first kappa shape index (κ1) is 17.0. The summed E-state index contributed by atoms with van der Waals surface area (Å²) in [4.78, 5) is 23.3. The second-order valence-corrected chi connectivity index (χ2v) is 5.49. The van der Waals surface area contributed by atoms with Crippen molar-refractivity contribution in [2.75, 3.05) is 6.54 Å². The summed E-state index contributed by atoms with van der Waals surface area (Å²) in [6.07, 6.45) is 0.912. The summed E-state index contributed by atoms with van der Waals surface area (Å²) in [5.41, 5.74) is 1.94. The standard InChI is InChI=1S/C18H18ClNO3/c19-16-9-6-14(7-10-16)8-11-17(21)20-12-18(22)23-13-15-4-2-1-3-5-15/h1-7,9-10H,8,11-13H2,(H,20,21). The zero-order valence-electron chi connectivity index (χ0n) is 12.6. The van der Waals surface area contributed by atoms with E-state index in [4.69, 9.17) is 16.3 Å². The Morgan fingerprint density at radius 2 is 1.65 bits per heavy atom. The Morgan fingerprint density at radius 3 is 2.35 bits per heavy atom. The molecule has 0 bridgehead atoms. The van der Waals surface area contributed by atoms with Crippen LogP contribution in [0.2, 0.25) is 5.02 Å². The van der Waals surface area contributed by atoms with Gasteiger partial charge in [-0.3, -0.25) is 9.59 Å². The van der Waals surface area contributed by atoms with E-state index in [0.717, 1.165) is 11.1 Å². The Balaban J connectivity index is 1.63. The average molecular weight is 332 g/mol. The summed E-state index contributed by atoms with van der Waals surface area (Å²) >= 11 is 5.80. The van der Waals surface area contributed by atoms with E-state index in [2.05, 4.69) is 5.32 Å². The van der Waals surface area contributed by atoms with E-state index in [9.17, 15) is 9.59 Å². The highest BCUT2D eigenvalue weighted by Gasteiger charge is 2.07. The molecule has 2 aromatic rings. The maximum atomic E-state index is 11.7. The van der Waals surface area contributed by atoms with Gasteiger partial charge in [0.1, 0.15) is 13.2 Å². The van der Waals surface area contributed by atoms with Crippen LogP contribution in [0.5, 0.6) is 0 Å². The summed E-state index contributed by atoms with van der Waals surface area (Å²) in [5, 5.41) is 3.23. The van der Waals surface area contributed by atoms with Gasteiger partial charge >= 0.3 is 5.97 Å². The van der Waals surface area contributed by atoms with Gasteiger partial charge in [0.2, 0.25) is 5.91 Å². The summed E-state index contributed by atoms with van der Waals surface area (Å²) in [7, 11) is 0. The number of hydrogen-bond donors (Lipinski definition) is 1. The van der Waals surface area contributed by atoms with Gasteiger partial charge < -0.3 is 10.1 Å². The van der Waals surface area contributed by atoms with Gasteiger partial charge in [-0.05, 0) is 29.7 Å². The Labute approximate surface area is 140 Å². The molecule has 0 saturated heterocycles. The maximum Gasteiger partial charge on any atom is 0.325 e. The molecule has 1 amide bonds. The smallest absolute Gasteiger partial charge is 0.325 e. The van der Waals surface area contributed by atoms with Gasteiger partial charge in [0, 0.05) is 11.4 Å². The molecule has 120 valence electrons. The predicted octanol–water partition coefficient (Wildman–Crippen LogP) is 3.13. The number of aryl methyl sites for hydroxylation is 1. The first-order valence-electron chi connectivity index (χ1n) is 7.34. The SMILES string of the molecule is O=C(CCc1ccc(Cl)cc1)NCC(=O)OCc1ccccc1. The Hall–Kier alpha value is -2.33. The largest absolute Gasteiger partial charge is 0.460 e. The Morgan fingerprint density at radius 1 is 0.957 bits per heavy atom. The molecular formula is C18H18ClNO3. The summed E-state index contributed by atoms with van der Waals surface area (Å²) in [5.74, 6) is -0.634. The molecule has 0 saturated carbocycles. The number of benzene rings is 2. The molecule has 0 radical (unpaired) electrons. The maximum absolute atomic E-state index is 11.7. The molecule has 0 aliphatic heterocycles. The third-order valence-corrected chi connectivity index (χ3v) is 3.48. The number of carbonyl (C=O) groups excluding carboxylic acids is 2. The molecule has 0 spiro atoms. The van der Waals surface area contributed by atoms with E-state index < -0.39 is 5.97 Å². The van der Waals surface area contributed by atoms with Crippen molar-refractivity contribution in [1.29, 1.82) is 0 Å². The van der Waals surface area contributed by atoms with Gasteiger partial charge in [-0.15, -0.1) is 0 Å². The molecule has 0 atom stereocenters. The lowest BCUT2D eigenvalue weighted by atomic mass is 10.1. The van der Waals surface area contributed by atoms with E-state index in [1.807, 2.05) is 42.5 Å². The number of halogens is 1. The predicted molar refractivity (Wildman–Crippen MR) is 89.0 cm³/mol. The molecule has 0 unspecified atom stereocenters. The van der Waals surface area contributed by atoms with E-state index in [-0.39, 0.29) is 19.1 Å². The summed E-state index contributed by atoms with van der Waals surface area (Å²) < 4.78 is 5.09. The second-order valence-electron chi connectivity index (χ2n) is 5.05. The van der Waals surface area contributed by atoms with Gasteiger partial charge in [-0.25, -0.2) is 0 Å². The van der Waals surface area contributed by atoms with Crippen LogP contribution < -0.4 is 5.32 Å². The number of ether oxygens (including phenoxy) is 1. The van der Waals surface area contributed by atoms with E-state index in [0.29, 0.717) is 17.9 Å². The molecule has 2 aromatic carbocycles. The molecule has 0 heterocycles. The van der Waals surface area contributed by atoms with Crippen LogP contribution >= 0.6 is 11.6 Å². The van der Waals surface area contributed by atoms with Crippen LogP contribution in [0.1, 0.15) is 17.5 Å². The number of carbonyl (C=O) groups is 2. The van der Waals surface area contributed by atoms with Crippen LogP contribution in [-0.2, 0) is 27.4 Å². The molecule has 4 nitrogen and oxygen atoms in total. The zero-order chi connectivity index (χ0) is 16.5. The monoisotopic (exact) mass is 331 g/mol. The van der Waals surface area contributed by atoms with Crippen molar-refractivity contribution in [3.8, 4) is 0 Å². The Bertz CT molecular complexity index is 641. The second kappa shape index (κ2) is 8.96. The van der Waals surface area contributed by atoms with Crippen LogP contribution in [0.25, 0.3) is 0 Å². The van der Waals surface area contributed by atoms with Gasteiger partial charge in [0.25, 0.3) is 0 Å². The quantitative estimate of drug-likeness (QED) is 0.793. The fourth-order valence-electron chi connectivity index (χ4n) is 1.96. The minimum absolute atomic E-state index is 0.119. The third kappa shape index (κ3) is 6.53. The van der Waals surface area contributed by atoms with Crippen molar-refractivity contribution < 1.29 is 14.3 Å². The van der Waals surface area contributed by atoms with Crippen LogP contribution in [0.3, 0.4) is 0 Å². The first-order valence-corrected chi connectivity index (χ1v) is 7.72. The lowest BCUT2D eigenvalue weighted by Crippen LogP contribution is -2.30.